The minimum absolute atomic E-state index is 0.116. The molecule has 6 rings (SSSR count). The first-order valence-electron chi connectivity index (χ1n) is 12.0. The van der Waals surface area contributed by atoms with Crippen LogP contribution in [0.15, 0.2) is 71.6 Å². The summed E-state index contributed by atoms with van der Waals surface area (Å²) in [7, 11) is -1.61. The fourth-order valence-electron chi connectivity index (χ4n) is 5.02. The second-order valence-corrected chi connectivity index (χ2v) is 11.2. The van der Waals surface area contributed by atoms with E-state index in [1.54, 1.807) is 12.1 Å². The Morgan fingerprint density at radius 1 is 0.917 bits per heavy atom. The SMILES string of the molecule is O=C(Cc1cccc(-c2ccc(S(=O)N3CCC(F)(F)C3)cc2)c1)C1(c2ccc3c(c2)OCO3)CC1. The molecule has 0 N–H and O–H groups in total. The van der Waals surface area contributed by atoms with Crippen molar-refractivity contribution in [3.05, 3.63) is 77.9 Å². The number of hydrogen-bond acceptors (Lipinski definition) is 4. The average molecular weight is 510 g/mol. The van der Waals surface area contributed by atoms with Crippen molar-refractivity contribution in [2.24, 2.45) is 0 Å². The molecule has 1 saturated carbocycles. The lowest BCUT2D eigenvalue weighted by atomic mass is 9.87. The molecule has 0 spiro atoms. The predicted molar refractivity (Wildman–Crippen MR) is 132 cm³/mol. The highest BCUT2D eigenvalue weighted by Gasteiger charge is 2.50. The van der Waals surface area contributed by atoms with Crippen LogP contribution in [-0.4, -0.2) is 40.1 Å². The van der Waals surface area contributed by atoms with Crippen molar-refractivity contribution in [1.29, 1.82) is 0 Å². The summed E-state index contributed by atoms with van der Waals surface area (Å²) in [5.74, 6) is -1.19. The fraction of sp³-hybridized carbons (Fsp3) is 0.321. The van der Waals surface area contributed by atoms with Crippen molar-refractivity contribution in [2.75, 3.05) is 19.9 Å². The second-order valence-electron chi connectivity index (χ2n) is 9.69. The number of alkyl halides is 2. The molecule has 0 amide bonds. The predicted octanol–water partition coefficient (Wildman–Crippen LogP) is 5.29. The molecule has 5 nitrogen and oxygen atoms in total. The average Bonchev–Trinajstić information content (AvgIpc) is 3.43. The Kier molecular flexibility index (Phi) is 5.68. The Morgan fingerprint density at radius 2 is 1.69 bits per heavy atom. The highest BCUT2D eigenvalue weighted by atomic mass is 32.2. The molecule has 186 valence electrons. The zero-order chi connectivity index (χ0) is 24.9. The van der Waals surface area contributed by atoms with Crippen molar-refractivity contribution in [1.82, 2.24) is 4.31 Å². The van der Waals surface area contributed by atoms with Gasteiger partial charge in [0, 0.05) is 19.4 Å². The highest BCUT2D eigenvalue weighted by molar-refractivity contribution is 7.82. The summed E-state index contributed by atoms with van der Waals surface area (Å²) in [6, 6.07) is 20.7. The van der Waals surface area contributed by atoms with Gasteiger partial charge in [0.1, 0.15) is 16.8 Å². The van der Waals surface area contributed by atoms with E-state index in [2.05, 4.69) is 0 Å². The van der Waals surface area contributed by atoms with Gasteiger partial charge in [0.05, 0.1) is 16.9 Å². The van der Waals surface area contributed by atoms with Gasteiger partial charge in [0.25, 0.3) is 5.92 Å². The standard InChI is InChI=1S/C28H25F2NO4S/c29-28(30)12-13-31(17-28)36(33)23-7-4-20(5-8-23)21-3-1-2-19(14-21)15-26(32)27(10-11-27)22-6-9-24-25(16-22)35-18-34-24/h1-9,14,16H,10-13,15,17-18H2. The molecule has 2 aliphatic heterocycles. The molecular weight excluding hydrogens is 484 g/mol. The maximum Gasteiger partial charge on any atom is 0.262 e. The number of halogens is 2. The van der Waals surface area contributed by atoms with E-state index in [4.69, 9.17) is 9.47 Å². The smallest absolute Gasteiger partial charge is 0.262 e. The Bertz CT molecular complexity index is 1350. The van der Waals surface area contributed by atoms with Crippen LogP contribution in [0, 0.1) is 0 Å². The van der Waals surface area contributed by atoms with E-state index in [0.717, 1.165) is 35.1 Å². The molecule has 3 aromatic carbocycles. The minimum Gasteiger partial charge on any atom is -0.454 e. The van der Waals surface area contributed by atoms with Crippen LogP contribution in [0.2, 0.25) is 0 Å². The number of fused-ring (bicyclic) bond motifs is 1. The molecule has 2 fully saturated rings. The Morgan fingerprint density at radius 3 is 2.42 bits per heavy atom. The van der Waals surface area contributed by atoms with Crippen LogP contribution in [0.5, 0.6) is 11.5 Å². The number of benzene rings is 3. The maximum absolute atomic E-state index is 13.5. The molecule has 2 heterocycles. The van der Waals surface area contributed by atoms with Crippen LogP contribution in [-0.2, 0) is 27.6 Å². The van der Waals surface area contributed by atoms with Crippen LogP contribution in [0.4, 0.5) is 8.78 Å². The summed E-state index contributed by atoms with van der Waals surface area (Å²) in [5, 5.41) is 0. The van der Waals surface area contributed by atoms with Crippen LogP contribution in [0.25, 0.3) is 11.1 Å². The largest absolute Gasteiger partial charge is 0.454 e. The summed E-state index contributed by atoms with van der Waals surface area (Å²) in [5.41, 5.74) is 3.30. The number of rotatable bonds is 7. The summed E-state index contributed by atoms with van der Waals surface area (Å²) in [6.45, 7) is -0.159. The zero-order valence-corrected chi connectivity index (χ0v) is 20.4. The van der Waals surface area contributed by atoms with Gasteiger partial charge < -0.3 is 9.47 Å². The van der Waals surface area contributed by atoms with Gasteiger partial charge in [-0.1, -0.05) is 42.5 Å². The van der Waals surface area contributed by atoms with E-state index in [-0.39, 0.29) is 25.5 Å². The highest BCUT2D eigenvalue weighted by Crippen LogP contribution is 2.51. The van der Waals surface area contributed by atoms with Gasteiger partial charge in [0.15, 0.2) is 11.5 Å². The second kappa shape index (κ2) is 8.78. The lowest BCUT2D eigenvalue weighted by molar-refractivity contribution is -0.120. The van der Waals surface area contributed by atoms with E-state index < -0.39 is 28.9 Å². The molecule has 0 aromatic heterocycles. The molecule has 36 heavy (non-hydrogen) atoms. The maximum atomic E-state index is 13.5. The van der Waals surface area contributed by atoms with Crippen LogP contribution in [0.1, 0.15) is 30.4 Å². The third-order valence-electron chi connectivity index (χ3n) is 7.26. The first-order valence-corrected chi connectivity index (χ1v) is 13.1. The molecule has 1 atom stereocenters. The first-order chi connectivity index (χ1) is 17.3. The summed E-state index contributed by atoms with van der Waals surface area (Å²) < 4.78 is 51.9. The molecule has 8 heteroatoms. The van der Waals surface area contributed by atoms with Crippen molar-refractivity contribution < 1.29 is 27.3 Å². The number of ketones is 1. The topological polar surface area (TPSA) is 55.8 Å². The van der Waals surface area contributed by atoms with Gasteiger partial charge in [-0.3, -0.25) is 4.79 Å². The normalized spacial score (nSPS) is 20.3. The van der Waals surface area contributed by atoms with Crippen molar-refractivity contribution in [3.63, 3.8) is 0 Å². The fourth-order valence-corrected chi connectivity index (χ4v) is 6.25. The Hall–Kier alpha value is -3.10. The van der Waals surface area contributed by atoms with Crippen molar-refractivity contribution in [2.45, 2.75) is 41.9 Å². The molecule has 1 aliphatic carbocycles. The van der Waals surface area contributed by atoms with E-state index in [0.29, 0.717) is 22.8 Å². The number of carbonyl (C=O) groups excluding carboxylic acids is 1. The van der Waals surface area contributed by atoms with Crippen molar-refractivity contribution >= 4 is 16.8 Å². The third kappa shape index (κ3) is 4.33. The van der Waals surface area contributed by atoms with Gasteiger partial charge in [-0.25, -0.2) is 17.3 Å². The number of nitrogens with zero attached hydrogens (tertiary/aromatic N) is 1. The van der Waals surface area contributed by atoms with Crippen LogP contribution >= 0.6 is 0 Å². The van der Waals surface area contributed by atoms with Gasteiger partial charge in [-0.2, -0.15) is 0 Å². The van der Waals surface area contributed by atoms with Gasteiger partial charge in [-0.15, -0.1) is 0 Å². The summed E-state index contributed by atoms with van der Waals surface area (Å²) in [6.07, 6.45) is 1.71. The van der Waals surface area contributed by atoms with Gasteiger partial charge in [0.2, 0.25) is 6.79 Å². The van der Waals surface area contributed by atoms with Crippen molar-refractivity contribution in [3.8, 4) is 22.6 Å². The molecule has 3 aliphatic rings. The van der Waals surface area contributed by atoms with E-state index in [9.17, 15) is 17.8 Å². The minimum atomic E-state index is -2.78. The quantitative estimate of drug-likeness (QED) is 0.434. The van der Waals surface area contributed by atoms with Gasteiger partial charge in [-0.05, 0) is 59.4 Å². The number of ether oxygens (including phenoxy) is 2. The first kappa shape index (κ1) is 23.3. The van der Waals surface area contributed by atoms with E-state index in [1.807, 2.05) is 54.6 Å². The summed E-state index contributed by atoms with van der Waals surface area (Å²) >= 11 is 0. The molecule has 0 radical (unpaired) electrons. The monoisotopic (exact) mass is 509 g/mol. The lowest BCUT2D eigenvalue weighted by Crippen LogP contribution is -2.27. The molecule has 1 saturated heterocycles. The van der Waals surface area contributed by atoms with Gasteiger partial charge >= 0.3 is 0 Å². The molecular formula is C28H25F2NO4S. The number of carbonyl (C=O) groups is 1. The number of hydrogen-bond donors (Lipinski definition) is 0. The zero-order valence-electron chi connectivity index (χ0n) is 19.5. The summed E-state index contributed by atoms with van der Waals surface area (Å²) in [4.78, 5) is 13.9. The third-order valence-corrected chi connectivity index (χ3v) is 8.72. The number of Topliss-reactive ketones (excluding diaryl/α,β-unsaturated/α-hetero) is 1. The molecule has 3 aromatic rings. The van der Waals surface area contributed by atoms with Crippen LogP contribution in [0.3, 0.4) is 0 Å². The lowest BCUT2D eigenvalue weighted by Gasteiger charge is -2.16. The Balaban J connectivity index is 1.16. The molecule has 0 bridgehead atoms. The van der Waals surface area contributed by atoms with E-state index in [1.165, 1.54) is 4.31 Å². The van der Waals surface area contributed by atoms with Crippen LogP contribution < -0.4 is 9.47 Å². The van der Waals surface area contributed by atoms with E-state index >= 15 is 0 Å². The molecule has 1 unspecified atom stereocenters. The Labute approximate surface area is 210 Å².